The third-order valence-electron chi connectivity index (χ3n) is 3.20. The number of hydrogen-bond acceptors (Lipinski definition) is 4. The summed E-state index contributed by atoms with van der Waals surface area (Å²) in [5.74, 6) is 0.467. The Balaban J connectivity index is 0.00000176. The number of oxazole rings is 1. The minimum absolute atomic E-state index is 0. The Morgan fingerprint density at radius 1 is 1.27 bits per heavy atom. The van der Waals surface area contributed by atoms with Gasteiger partial charge in [0.1, 0.15) is 12.1 Å². The summed E-state index contributed by atoms with van der Waals surface area (Å²) < 4.78 is 7.73. The molecule has 1 aromatic carbocycles. The van der Waals surface area contributed by atoms with Gasteiger partial charge in [0, 0.05) is 36.2 Å². The van der Waals surface area contributed by atoms with E-state index in [2.05, 4.69) is 16.5 Å². The molecular formula is C15H14IN3O3. The Morgan fingerprint density at radius 2 is 2.00 bits per heavy atom. The van der Waals surface area contributed by atoms with Crippen LogP contribution in [0, 0.1) is 10.1 Å². The Kier molecular flexibility index (Phi) is 5.07. The van der Waals surface area contributed by atoms with Crippen LogP contribution in [0.25, 0.3) is 22.6 Å². The molecule has 0 spiro atoms. The molecule has 0 atom stereocenters. The van der Waals surface area contributed by atoms with Crippen molar-refractivity contribution in [3.8, 4) is 11.5 Å². The fourth-order valence-corrected chi connectivity index (χ4v) is 2.16. The maximum Gasteiger partial charge on any atom is 0.271 e. The van der Waals surface area contributed by atoms with Gasteiger partial charge < -0.3 is 28.4 Å². The Labute approximate surface area is 144 Å². The maximum absolute atomic E-state index is 10.8. The first-order valence-corrected chi connectivity index (χ1v) is 6.72. The highest BCUT2D eigenvalue weighted by atomic mass is 127. The number of rotatable bonds is 4. The molecule has 0 aliphatic rings. The summed E-state index contributed by atoms with van der Waals surface area (Å²) in [6, 6.07) is 8.26. The molecule has 0 amide bonds. The van der Waals surface area contributed by atoms with Gasteiger partial charge in [-0.15, -0.1) is 0 Å². The Bertz CT molecular complexity index is 799. The lowest BCUT2D eigenvalue weighted by molar-refractivity contribution is -0.696. The zero-order valence-corrected chi connectivity index (χ0v) is 14.1. The van der Waals surface area contributed by atoms with E-state index in [4.69, 9.17) is 4.42 Å². The second-order valence-electron chi connectivity index (χ2n) is 4.75. The van der Waals surface area contributed by atoms with E-state index in [1.165, 1.54) is 12.1 Å². The third-order valence-corrected chi connectivity index (χ3v) is 3.20. The zero-order chi connectivity index (χ0) is 14.8. The number of nitro groups is 1. The van der Waals surface area contributed by atoms with Crippen LogP contribution in [-0.4, -0.2) is 9.91 Å². The third kappa shape index (κ3) is 3.24. The van der Waals surface area contributed by atoms with Crippen molar-refractivity contribution in [3.05, 3.63) is 52.8 Å². The molecule has 0 aliphatic carbocycles. The molecule has 22 heavy (non-hydrogen) atoms. The summed E-state index contributed by atoms with van der Waals surface area (Å²) in [5.41, 5.74) is 1.89. The van der Waals surface area contributed by atoms with E-state index in [1.807, 2.05) is 24.5 Å². The van der Waals surface area contributed by atoms with E-state index in [9.17, 15) is 10.1 Å². The summed E-state index contributed by atoms with van der Waals surface area (Å²) >= 11 is 0. The molecule has 0 saturated carbocycles. The molecule has 2 aromatic heterocycles. The number of halogens is 1. The van der Waals surface area contributed by atoms with Crippen molar-refractivity contribution in [2.45, 2.75) is 19.9 Å². The lowest BCUT2D eigenvalue weighted by Crippen LogP contribution is -3.00. The normalized spacial score (nSPS) is 10.4. The number of nitrogens with zero attached hydrogens (tertiary/aromatic N) is 3. The zero-order valence-electron chi connectivity index (χ0n) is 11.9. The number of fused-ring (bicyclic) bond motifs is 1. The molecule has 0 aliphatic heterocycles. The van der Waals surface area contributed by atoms with Gasteiger partial charge in [-0.05, 0) is 6.07 Å². The Morgan fingerprint density at radius 3 is 2.64 bits per heavy atom. The second-order valence-corrected chi connectivity index (χ2v) is 4.75. The molecule has 0 radical (unpaired) electrons. The first-order valence-electron chi connectivity index (χ1n) is 6.72. The molecule has 3 aromatic rings. The molecule has 6 nitrogen and oxygen atoms in total. The number of aryl methyl sites for hydroxylation is 1. The second kappa shape index (κ2) is 6.82. The number of nitro benzene ring substituents is 1. The monoisotopic (exact) mass is 411 g/mol. The van der Waals surface area contributed by atoms with E-state index in [-0.39, 0.29) is 29.7 Å². The Hall–Kier alpha value is -2.03. The number of non-ortho nitro benzene ring substituents is 1. The number of aromatic nitrogens is 2. The fourth-order valence-electron chi connectivity index (χ4n) is 2.16. The number of pyridine rings is 1. The van der Waals surface area contributed by atoms with E-state index >= 15 is 0 Å². The van der Waals surface area contributed by atoms with E-state index in [0.29, 0.717) is 17.0 Å². The van der Waals surface area contributed by atoms with Crippen LogP contribution in [-0.2, 0) is 6.54 Å². The summed E-state index contributed by atoms with van der Waals surface area (Å²) in [7, 11) is 0. The van der Waals surface area contributed by atoms with Crippen LogP contribution in [0.15, 0.2) is 47.1 Å². The molecule has 3 rings (SSSR count). The lowest BCUT2D eigenvalue weighted by atomic mass is 10.2. The predicted molar refractivity (Wildman–Crippen MR) is 76.6 cm³/mol. The van der Waals surface area contributed by atoms with Crippen molar-refractivity contribution in [1.29, 1.82) is 0 Å². The van der Waals surface area contributed by atoms with Gasteiger partial charge in [-0.1, -0.05) is 6.92 Å². The van der Waals surface area contributed by atoms with Gasteiger partial charge in [0.05, 0.1) is 4.92 Å². The standard InChI is InChI=1S/C15H14N3O3.HI/c1-2-7-17-8-5-11(6-9-17)15-16-13-10-12(18(19)20)3-4-14(13)21-15;/h3-6,8-10H,2,7H2,1H3;1H/q+1;/p-1. The van der Waals surface area contributed by atoms with Gasteiger partial charge in [0.25, 0.3) is 5.69 Å². The molecule has 0 fully saturated rings. The van der Waals surface area contributed by atoms with Crippen molar-refractivity contribution in [1.82, 2.24) is 4.98 Å². The van der Waals surface area contributed by atoms with Crippen molar-refractivity contribution in [2.24, 2.45) is 0 Å². The van der Waals surface area contributed by atoms with Gasteiger partial charge in [-0.2, -0.15) is 0 Å². The summed E-state index contributed by atoms with van der Waals surface area (Å²) in [6.07, 6.45) is 5.00. The minimum atomic E-state index is -0.441. The van der Waals surface area contributed by atoms with Crippen molar-refractivity contribution < 1.29 is 37.9 Å². The van der Waals surface area contributed by atoms with E-state index in [1.54, 1.807) is 6.07 Å². The minimum Gasteiger partial charge on any atom is -1.00 e. The molecule has 0 N–H and O–H groups in total. The van der Waals surface area contributed by atoms with Gasteiger partial charge in [-0.3, -0.25) is 10.1 Å². The average molecular weight is 411 g/mol. The van der Waals surface area contributed by atoms with Crippen molar-refractivity contribution in [2.75, 3.05) is 0 Å². The van der Waals surface area contributed by atoms with Crippen LogP contribution in [0.4, 0.5) is 5.69 Å². The van der Waals surface area contributed by atoms with Gasteiger partial charge >= 0.3 is 0 Å². The number of benzene rings is 1. The number of hydrogen-bond donors (Lipinski definition) is 0. The van der Waals surface area contributed by atoms with Crippen molar-refractivity contribution in [3.63, 3.8) is 0 Å². The van der Waals surface area contributed by atoms with Gasteiger partial charge in [-0.25, -0.2) is 9.55 Å². The van der Waals surface area contributed by atoms with Crippen LogP contribution in [0.2, 0.25) is 0 Å². The SMILES string of the molecule is CCC[n+]1ccc(-c2nc3cc([N+](=O)[O-])ccc3o2)cc1.[I-]. The molecular weight excluding hydrogens is 397 g/mol. The predicted octanol–water partition coefficient (Wildman–Crippen LogP) is 0.104. The van der Waals surface area contributed by atoms with Gasteiger partial charge in [0.2, 0.25) is 5.89 Å². The fraction of sp³-hybridized carbons (Fsp3) is 0.200. The van der Waals surface area contributed by atoms with Crippen LogP contribution < -0.4 is 28.5 Å². The highest BCUT2D eigenvalue weighted by Crippen LogP contribution is 2.26. The summed E-state index contributed by atoms with van der Waals surface area (Å²) in [4.78, 5) is 14.6. The molecule has 114 valence electrons. The van der Waals surface area contributed by atoms with Crippen LogP contribution >= 0.6 is 0 Å². The summed E-state index contributed by atoms with van der Waals surface area (Å²) in [5, 5.41) is 10.8. The van der Waals surface area contributed by atoms with Crippen LogP contribution in [0.1, 0.15) is 13.3 Å². The lowest BCUT2D eigenvalue weighted by Gasteiger charge is -1.95. The highest BCUT2D eigenvalue weighted by molar-refractivity contribution is 5.78. The first-order chi connectivity index (χ1) is 10.2. The highest BCUT2D eigenvalue weighted by Gasteiger charge is 2.13. The molecule has 0 unspecified atom stereocenters. The van der Waals surface area contributed by atoms with Crippen LogP contribution in [0.3, 0.4) is 0 Å². The maximum atomic E-state index is 10.8. The van der Waals surface area contributed by atoms with Crippen molar-refractivity contribution >= 4 is 16.8 Å². The molecule has 0 saturated heterocycles. The average Bonchev–Trinajstić information content (AvgIpc) is 2.91. The van der Waals surface area contributed by atoms with E-state index in [0.717, 1.165) is 18.5 Å². The van der Waals surface area contributed by atoms with Crippen LogP contribution in [0.5, 0.6) is 0 Å². The quantitative estimate of drug-likeness (QED) is 0.264. The molecule has 0 bridgehead atoms. The van der Waals surface area contributed by atoms with Gasteiger partial charge in [0.15, 0.2) is 18.0 Å². The smallest absolute Gasteiger partial charge is 0.271 e. The molecule has 7 heteroatoms. The first kappa shape index (κ1) is 16.3. The summed E-state index contributed by atoms with van der Waals surface area (Å²) in [6.45, 7) is 3.08. The molecule has 2 heterocycles. The largest absolute Gasteiger partial charge is 1.00 e. The topological polar surface area (TPSA) is 73.0 Å². The van der Waals surface area contributed by atoms with E-state index < -0.39 is 4.92 Å².